The molecule has 0 unspecified atom stereocenters. The van der Waals surface area contributed by atoms with Gasteiger partial charge >= 0.3 is 0 Å². The molecule has 0 fully saturated rings. The van der Waals surface area contributed by atoms with Crippen LogP contribution < -0.4 is 5.73 Å². The molecule has 2 N–H and O–H groups in total. The molecule has 1 heterocycles. The summed E-state index contributed by atoms with van der Waals surface area (Å²) in [5.41, 5.74) is 6.35. The largest absolute Gasteiger partial charge is 0.337 e. The Labute approximate surface area is 115 Å². The zero-order chi connectivity index (χ0) is 14.2. The molecule has 0 radical (unpaired) electrons. The van der Waals surface area contributed by atoms with E-state index in [0.717, 1.165) is 0 Å². The number of aromatic nitrogens is 2. The Hall–Kier alpha value is -1.46. The molecule has 0 aliphatic carbocycles. The lowest BCUT2D eigenvalue weighted by Crippen LogP contribution is -2.26. The van der Waals surface area contributed by atoms with E-state index in [-0.39, 0.29) is 16.5 Å². The second-order valence-electron chi connectivity index (χ2n) is 5.42. The van der Waals surface area contributed by atoms with Gasteiger partial charge in [-0.3, -0.25) is 0 Å². The van der Waals surface area contributed by atoms with Gasteiger partial charge in [0.2, 0.25) is 11.7 Å². The number of benzene rings is 1. The minimum Gasteiger partial charge on any atom is -0.337 e. The summed E-state index contributed by atoms with van der Waals surface area (Å²) in [6, 6.07) is 3.62. The van der Waals surface area contributed by atoms with Crippen LogP contribution in [0.3, 0.4) is 0 Å². The average molecular weight is 284 g/mol. The molecular formula is C13H15ClFN3O. The number of nitrogens with zero attached hydrogens (tertiary/aromatic N) is 2. The van der Waals surface area contributed by atoms with E-state index in [4.69, 9.17) is 21.9 Å². The number of hydrogen-bond acceptors (Lipinski definition) is 4. The van der Waals surface area contributed by atoms with Gasteiger partial charge in [-0.05, 0) is 23.6 Å². The molecule has 0 amide bonds. The molecule has 0 saturated heterocycles. The third-order valence-electron chi connectivity index (χ3n) is 2.81. The van der Waals surface area contributed by atoms with Gasteiger partial charge in [-0.25, -0.2) is 4.39 Å². The van der Waals surface area contributed by atoms with Gasteiger partial charge in [0.25, 0.3) is 0 Å². The van der Waals surface area contributed by atoms with Crippen molar-refractivity contribution in [3.05, 3.63) is 34.9 Å². The summed E-state index contributed by atoms with van der Waals surface area (Å²) in [4.78, 5) is 4.23. The molecule has 4 nitrogen and oxygen atoms in total. The summed E-state index contributed by atoms with van der Waals surface area (Å²) in [6.45, 7) is 5.94. The Morgan fingerprint density at radius 2 is 2.05 bits per heavy atom. The second kappa shape index (κ2) is 4.90. The highest BCUT2D eigenvalue weighted by atomic mass is 35.5. The number of halogens is 2. The lowest BCUT2D eigenvalue weighted by molar-refractivity contribution is 0.253. The maximum Gasteiger partial charge on any atom is 0.244 e. The van der Waals surface area contributed by atoms with Gasteiger partial charge in [0.1, 0.15) is 5.82 Å². The maximum absolute atomic E-state index is 13.0. The second-order valence-corrected chi connectivity index (χ2v) is 5.83. The first-order chi connectivity index (χ1) is 8.79. The van der Waals surface area contributed by atoms with Gasteiger partial charge in [0.05, 0.1) is 11.1 Å². The third-order valence-corrected chi connectivity index (χ3v) is 3.13. The van der Waals surface area contributed by atoms with Gasteiger partial charge in [-0.2, -0.15) is 4.98 Å². The monoisotopic (exact) mass is 283 g/mol. The van der Waals surface area contributed by atoms with Crippen molar-refractivity contribution in [2.45, 2.75) is 26.8 Å². The fourth-order valence-corrected chi connectivity index (χ4v) is 1.76. The Kier molecular flexibility index (Phi) is 3.60. The van der Waals surface area contributed by atoms with Crippen molar-refractivity contribution in [1.82, 2.24) is 10.1 Å². The molecule has 1 aromatic carbocycles. The van der Waals surface area contributed by atoms with E-state index in [1.807, 2.05) is 20.8 Å². The van der Waals surface area contributed by atoms with E-state index in [1.54, 1.807) is 0 Å². The average Bonchev–Trinajstić information content (AvgIpc) is 2.75. The van der Waals surface area contributed by atoms with Crippen LogP contribution in [-0.4, -0.2) is 10.1 Å². The molecule has 6 heteroatoms. The van der Waals surface area contributed by atoms with Crippen molar-refractivity contribution in [1.29, 1.82) is 0 Å². The highest BCUT2D eigenvalue weighted by Gasteiger charge is 2.28. The molecule has 2 rings (SSSR count). The van der Waals surface area contributed by atoms with Crippen molar-refractivity contribution in [3.8, 4) is 11.4 Å². The van der Waals surface area contributed by atoms with Crippen LogP contribution in [0.1, 0.15) is 32.7 Å². The van der Waals surface area contributed by atoms with E-state index in [1.165, 1.54) is 18.2 Å². The summed E-state index contributed by atoms with van der Waals surface area (Å²) < 4.78 is 18.1. The van der Waals surface area contributed by atoms with E-state index < -0.39 is 5.82 Å². The molecule has 0 bridgehead atoms. The van der Waals surface area contributed by atoms with Crippen LogP contribution in [0.4, 0.5) is 4.39 Å². The molecule has 2 aromatic rings. The zero-order valence-electron chi connectivity index (χ0n) is 10.9. The van der Waals surface area contributed by atoms with Gasteiger partial charge in [-0.15, -0.1) is 0 Å². The highest BCUT2D eigenvalue weighted by Crippen LogP contribution is 2.32. The summed E-state index contributed by atoms with van der Waals surface area (Å²) in [5.74, 6) is 0.228. The van der Waals surface area contributed by atoms with Crippen LogP contribution in [-0.2, 0) is 0 Å². The highest BCUT2D eigenvalue weighted by molar-refractivity contribution is 6.33. The van der Waals surface area contributed by atoms with Gasteiger partial charge in [0.15, 0.2) is 0 Å². The number of nitrogens with two attached hydrogens (primary N) is 1. The Morgan fingerprint density at radius 1 is 1.37 bits per heavy atom. The first-order valence-corrected chi connectivity index (χ1v) is 6.21. The molecular weight excluding hydrogens is 269 g/mol. The fourth-order valence-electron chi connectivity index (χ4n) is 1.51. The summed E-state index contributed by atoms with van der Waals surface area (Å²) >= 11 is 5.95. The minimum atomic E-state index is -0.413. The predicted octanol–water partition coefficient (Wildman–Crippen LogP) is 3.58. The van der Waals surface area contributed by atoms with E-state index in [2.05, 4.69) is 10.1 Å². The van der Waals surface area contributed by atoms with Crippen LogP contribution in [0.25, 0.3) is 11.4 Å². The smallest absolute Gasteiger partial charge is 0.244 e. The molecule has 1 atom stereocenters. The Bertz CT molecular complexity index is 592. The SMILES string of the molecule is CC(C)(C)[C@@H](N)c1nc(-c2ccc(F)cc2Cl)no1. The van der Waals surface area contributed by atoms with Crippen LogP contribution in [0.2, 0.25) is 5.02 Å². The minimum absolute atomic E-state index is 0.198. The normalized spacial score (nSPS) is 13.6. The number of hydrogen-bond donors (Lipinski definition) is 1. The van der Waals surface area contributed by atoms with E-state index >= 15 is 0 Å². The standard InChI is InChI=1S/C13H15ClFN3O/c1-13(2,3)10(16)12-17-11(18-19-12)8-5-4-7(15)6-9(8)14/h4-6,10H,16H2,1-3H3/t10-/m0/s1. The van der Waals surface area contributed by atoms with Crippen molar-refractivity contribution < 1.29 is 8.91 Å². The predicted molar refractivity (Wildman–Crippen MR) is 71.1 cm³/mol. The lowest BCUT2D eigenvalue weighted by atomic mass is 9.87. The van der Waals surface area contributed by atoms with Crippen LogP contribution in [0.15, 0.2) is 22.7 Å². The van der Waals surface area contributed by atoms with Gasteiger partial charge in [-0.1, -0.05) is 37.5 Å². The van der Waals surface area contributed by atoms with Gasteiger partial charge in [0, 0.05) is 5.56 Å². The van der Waals surface area contributed by atoms with Crippen LogP contribution in [0, 0.1) is 11.2 Å². The maximum atomic E-state index is 13.0. The Morgan fingerprint density at radius 3 is 2.63 bits per heavy atom. The molecule has 0 aliphatic rings. The molecule has 0 spiro atoms. The zero-order valence-corrected chi connectivity index (χ0v) is 11.7. The molecule has 19 heavy (non-hydrogen) atoms. The van der Waals surface area contributed by atoms with Crippen LogP contribution in [0.5, 0.6) is 0 Å². The molecule has 102 valence electrons. The quantitative estimate of drug-likeness (QED) is 0.915. The lowest BCUT2D eigenvalue weighted by Gasteiger charge is -2.23. The van der Waals surface area contributed by atoms with Crippen molar-refractivity contribution in [2.75, 3.05) is 0 Å². The van der Waals surface area contributed by atoms with Gasteiger partial charge < -0.3 is 10.3 Å². The van der Waals surface area contributed by atoms with E-state index in [0.29, 0.717) is 17.3 Å². The molecule has 0 aliphatic heterocycles. The van der Waals surface area contributed by atoms with Crippen molar-refractivity contribution in [3.63, 3.8) is 0 Å². The molecule has 0 saturated carbocycles. The van der Waals surface area contributed by atoms with Crippen LogP contribution >= 0.6 is 11.6 Å². The van der Waals surface area contributed by atoms with Crippen molar-refractivity contribution in [2.24, 2.45) is 11.1 Å². The third kappa shape index (κ3) is 2.93. The van der Waals surface area contributed by atoms with Crippen molar-refractivity contribution >= 4 is 11.6 Å². The Balaban J connectivity index is 2.36. The summed E-state index contributed by atoms with van der Waals surface area (Å²) in [7, 11) is 0. The fraction of sp³-hybridized carbons (Fsp3) is 0.385. The topological polar surface area (TPSA) is 64.9 Å². The van der Waals surface area contributed by atoms with E-state index in [9.17, 15) is 4.39 Å². The summed E-state index contributed by atoms with van der Waals surface area (Å²) in [6.07, 6.45) is 0. The first kappa shape index (κ1) is 14.0. The summed E-state index contributed by atoms with van der Waals surface area (Å²) in [5, 5.41) is 4.07. The number of rotatable bonds is 2. The molecule has 1 aromatic heterocycles. The first-order valence-electron chi connectivity index (χ1n) is 5.83.